The third-order valence-corrected chi connectivity index (χ3v) is 24.1. The molecule has 0 saturated heterocycles. The zero-order valence-corrected chi connectivity index (χ0v) is 94.3. The third-order valence-electron chi connectivity index (χ3n) is 24.1. The van der Waals surface area contributed by atoms with Gasteiger partial charge in [-0.15, -0.1) is 140 Å². The predicted octanol–water partition coefficient (Wildman–Crippen LogP) is 30.3. The second-order valence-electron chi connectivity index (χ2n) is 34.0. The number of pyridine rings is 6. The van der Waals surface area contributed by atoms with Gasteiger partial charge in [0.15, 0.2) is 23.1 Å². The first kappa shape index (κ1) is 125. The summed E-state index contributed by atoms with van der Waals surface area (Å²) < 4.78 is 0. The summed E-state index contributed by atoms with van der Waals surface area (Å²) in [6.07, 6.45) is 36.1. The predicted molar refractivity (Wildman–Crippen MR) is 549 cm³/mol. The number of aryl methyl sites for hydroxylation is 8. The van der Waals surface area contributed by atoms with Crippen LogP contribution in [0.2, 0.25) is 0 Å². The largest absolute Gasteiger partial charge is 0.512 e. The molecule has 5 aromatic carbocycles. The van der Waals surface area contributed by atoms with Gasteiger partial charge in [0, 0.05) is 213 Å². The van der Waals surface area contributed by atoms with Crippen molar-refractivity contribution in [3.63, 3.8) is 0 Å². The molecular formula is C116H148Ir4N8O8-4. The summed E-state index contributed by atoms with van der Waals surface area (Å²) in [5.41, 5.74) is 18.3. The molecule has 4 N–H and O–H groups in total. The first-order chi connectivity index (χ1) is 63.3. The molecule has 0 amide bonds. The number of carbonyl (C=O) groups is 4. The number of nitrogens with zero attached hydrogens (tertiary/aromatic N) is 8. The number of fused-ring (bicyclic) bond motifs is 4. The average Bonchev–Trinajstić information content (AvgIpc) is 0.810. The van der Waals surface area contributed by atoms with Gasteiger partial charge in [0.25, 0.3) is 0 Å². The molecule has 0 spiro atoms. The zero-order chi connectivity index (χ0) is 97.5. The Balaban J connectivity index is 0.000000776. The molecule has 0 atom stereocenters. The van der Waals surface area contributed by atoms with E-state index in [0.717, 1.165) is 213 Å². The Hall–Kier alpha value is -9.44. The van der Waals surface area contributed by atoms with E-state index < -0.39 is 0 Å². The number of para-hydroxylation sites is 1. The van der Waals surface area contributed by atoms with Gasteiger partial charge in [-0.25, -0.2) is 0 Å². The van der Waals surface area contributed by atoms with E-state index in [1.54, 1.807) is 24.8 Å². The van der Waals surface area contributed by atoms with E-state index in [2.05, 4.69) is 167 Å². The summed E-state index contributed by atoms with van der Waals surface area (Å²) in [6.45, 7) is 48.8. The molecular weight excluding hydrogens is 2400 g/mol. The summed E-state index contributed by atoms with van der Waals surface area (Å²) in [5.74, 6) is 2.93. The van der Waals surface area contributed by atoms with E-state index in [9.17, 15) is 39.6 Å². The van der Waals surface area contributed by atoms with Crippen LogP contribution in [0.25, 0.3) is 88.5 Å². The number of carbonyl (C=O) groups excluding carboxylic acids is 4. The van der Waals surface area contributed by atoms with Gasteiger partial charge in [-0.1, -0.05) is 190 Å². The molecule has 0 aliphatic heterocycles. The van der Waals surface area contributed by atoms with Crippen molar-refractivity contribution in [3.05, 3.63) is 287 Å². The molecule has 7 heterocycles. The number of allylic oxidation sites excluding steroid dienone is 8. The summed E-state index contributed by atoms with van der Waals surface area (Å²) in [5, 5.41) is 45.6. The van der Waals surface area contributed by atoms with E-state index in [4.69, 9.17) is 0 Å². The molecule has 0 aliphatic carbocycles. The quantitative estimate of drug-likeness (QED) is 0.0174. The first-order valence-corrected chi connectivity index (χ1v) is 47.9. The smallest absolute Gasteiger partial charge is 0.162 e. The topological polar surface area (TPSA) is 252 Å². The molecule has 740 valence electrons. The molecule has 0 fully saturated rings. The van der Waals surface area contributed by atoms with Crippen LogP contribution >= 0.6 is 0 Å². The van der Waals surface area contributed by atoms with Crippen LogP contribution in [-0.4, -0.2) is 83.4 Å². The number of hydrogen-bond donors (Lipinski definition) is 4. The zero-order valence-electron chi connectivity index (χ0n) is 84.7. The average molecular weight is 2550 g/mol. The molecule has 4 radical (unpaired) electrons. The minimum Gasteiger partial charge on any atom is -0.512 e. The fourth-order valence-electron chi connectivity index (χ4n) is 16.0. The number of aliphatic hydroxyl groups is 4. The van der Waals surface area contributed by atoms with Crippen LogP contribution in [0.3, 0.4) is 0 Å². The van der Waals surface area contributed by atoms with Gasteiger partial charge >= 0.3 is 0 Å². The maximum absolute atomic E-state index is 11.7. The number of rotatable bonds is 32. The summed E-state index contributed by atoms with van der Waals surface area (Å²) in [4.78, 5) is 82.0. The van der Waals surface area contributed by atoms with Gasteiger partial charge in [-0.2, -0.15) is 0 Å². The van der Waals surface area contributed by atoms with Crippen LogP contribution in [0.5, 0.6) is 0 Å². The van der Waals surface area contributed by atoms with E-state index in [0.29, 0.717) is 0 Å². The van der Waals surface area contributed by atoms with E-state index in [-0.39, 0.29) is 174 Å². The van der Waals surface area contributed by atoms with Crippen LogP contribution in [-0.2, 0) is 99.6 Å². The molecule has 12 rings (SSSR count). The maximum Gasteiger partial charge on any atom is 0.162 e. The monoisotopic (exact) mass is 2550 g/mol. The Bertz CT molecular complexity index is 5140. The van der Waals surface area contributed by atoms with Crippen molar-refractivity contribution in [2.24, 2.45) is 47.3 Å². The Labute approximate surface area is 867 Å². The van der Waals surface area contributed by atoms with Crippen molar-refractivity contribution >= 4 is 66.5 Å². The molecule has 12 aromatic rings. The number of ketones is 4. The van der Waals surface area contributed by atoms with Crippen LogP contribution in [0.1, 0.15) is 258 Å². The number of aromatic nitrogens is 8. The van der Waals surface area contributed by atoms with Gasteiger partial charge in [0.1, 0.15) is 0 Å². The first-order valence-electron chi connectivity index (χ1n) is 47.9. The fraction of sp³-hybridized carbons (Fsp3) is 0.414. The van der Waals surface area contributed by atoms with Crippen LogP contribution in [0.4, 0.5) is 0 Å². The van der Waals surface area contributed by atoms with Crippen molar-refractivity contribution in [2.45, 2.75) is 269 Å². The van der Waals surface area contributed by atoms with Crippen LogP contribution in [0.15, 0.2) is 218 Å². The standard InChI is InChI=1S/4C16H13N2.4C13H24O2.4Ir/c1-11-7-12(2)9-14(8-11)16-15-4-5-17-10-13(15)3-6-18-16;1-11-7-12(2)9-14(8-11)16-15-10-17-5-3-13(15)4-6-18-16;1-11-8-12(2)10-13(9-11)16-14-4-3-6-17-15(14)5-7-18-16;1-11-7-12(2)9-14(8-11)16-17-10-13-5-3-4-6-15(13)18-16;4*1-5-10(6-2)12(14)9-13(15)11(7-3)8-4;;;;/h2*3-8,10H,1-2H3;3-9H,1-2H3;3-8,10H,1-2H3;4*9-11,14H,5-8H2,1-4H3;;;;/q4*-1;;;;;;;;. The Kier molecular flexibility index (Phi) is 61.3. The Morgan fingerprint density at radius 3 is 0.956 bits per heavy atom. The maximum atomic E-state index is 11.7. The van der Waals surface area contributed by atoms with Crippen LogP contribution in [0, 0.1) is 127 Å². The second-order valence-corrected chi connectivity index (χ2v) is 34.0. The van der Waals surface area contributed by atoms with Crippen molar-refractivity contribution in [2.75, 3.05) is 0 Å². The van der Waals surface area contributed by atoms with Gasteiger partial charge in [0.2, 0.25) is 0 Å². The molecule has 20 heteroatoms. The molecule has 0 bridgehead atoms. The van der Waals surface area contributed by atoms with Crippen LogP contribution < -0.4 is 0 Å². The van der Waals surface area contributed by atoms with Gasteiger partial charge < -0.3 is 35.4 Å². The number of hydrogen-bond acceptors (Lipinski definition) is 16. The van der Waals surface area contributed by atoms with E-state index in [1.807, 2.05) is 209 Å². The Morgan fingerprint density at radius 2 is 0.588 bits per heavy atom. The summed E-state index contributed by atoms with van der Waals surface area (Å²) in [7, 11) is 0. The van der Waals surface area contributed by atoms with Crippen molar-refractivity contribution < 1.29 is 120 Å². The van der Waals surface area contributed by atoms with Crippen molar-refractivity contribution in [1.82, 2.24) is 39.9 Å². The van der Waals surface area contributed by atoms with Crippen molar-refractivity contribution in [1.29, 1.82) is 0 Å². The van der Waals surface area contributed by atoms with Gasteiger partial charge in [-0.05, 0) is 189 Å². The van der Waals surface area contributed by atoms with E-state index >= 15 is 0 Å². The molecule has 7 aromatic heterocycles. The third kappa shape index (κ3) is 40.2. The van der Waals surface area contributed by atoms with E-state index in [1.165, 1.54) is 46.6 Å². The number of benzene rings is 5. The minimum atomic E-state index is 0. The van der Waals surface area contributed by atoms with Crippen molar-refractivity contribution in [3.8, 4) is 45.2 Å². The molecule has 0 saturated carbocycles. The second kappa shape index (κ2) is 67.0. The summed E-state index contributed by atoms with van der Waals surface area (Å²) >= 11 is 0. The number of aliphatic hydroxyl groups excluding tert-OH is 4. The summed E-state index contributed by atoms with van der Waals surface area (Å²) in [6, 6.07) is 52.2. The SMILES string of the molecule is CCC(CC)C(=O)C=C(O)C(CC)CC.CCC(CC)C(=O)C=C(O)C(CC)CC.CCC(CC)C(=O)C=C(O)C(CC)CC.CCC(CC)C(=O)C=C(O)C(CC)CC.Cc1[c-]c(-c2ncc3ccccc3n2)cc(C)c1.Cc1[c-]c(-c2nccc3ccncc23)cc(C)c1.Cc1[c-]c(-c2nccc3cnccc23)cc(C)c1.Cc1[c-]c(-c2nccc3ncccc23)cc(C)c1.[Ir].[Ir].[Ir].[Ir]. The molecule has 0 aliphatic rings. The Morgan fingerprint density at radius 1 is 0.279 bits per heavy atom. The van der Waals surface area contributed by atoms with Gasteiger partial charge in [-0.3, -0.25) is 44.1 Å². The molecule has 16 nitrogen and oxygen atoms in total. The normalized spacial score (nSPS) is 11.2. The van der Waals surface area contributed by atoms with Gasteiger partial charge in [0.05, 0.1) is 39.9 Å². The minimum absolute atomic E-state index is 0. The molecule has 0 unspecified atom stereocenters. The fourth-order valence-corrected chi connectivity index (χ4v) is 16.0. The molecule has 136 heavy (non-hydrogen) atoms.